The van der Waals surface area contributed by atoms with Crippen molar-refractivity contribution < 1.29 is 4.74 Å². The SMILES string of the molecule is C#C.CC.CN=C(COc1cccc(Cl)c1)NC(C)Nc1ncn(C2CC2)n1. The lowest BCUT2D eigenvalue weighted by atomic mass is 10.3. The van der Waals surface area contributed by atoms with E-state index >= 15 is 0 Å². The average molecular weight is 405 g/mol. The van der Waals surface area contributed by atoms with Crippen LogP contribution in [0.4, 0.5) is 5.95 Å². The van der Waals surface area contributed by atoms with Crippen molar-refractivity contribution >= 4 is 23.4 Å². The molecule has 2 aromatic rings. The molecule has 1 aromatic carbocycles. The Morgan fingerprint density at radius 1 is 1.39 bits per heavy atom. The van der Waals surface area contributed by atoms with Crippen LogP contribution in [0, 0.1) is 12.8 Å². The minimum absolute atomic E-state index is 0.0817. The number of amidine groups is 1. The fourth-order valence-electron chi connectivity index (χ4n) is 2.21. The summed E-state index contributed by atoms with van der Waals surface area (Å²) in [5.41, 5.74) is 0. The quantitative estimate of drug-likeness (QED) is 0.316. The largest absolute Gasteiger partial charge is 0.486 e. The van der Waals surface area contributed by atoms with Gasteiger partial charge in [0.25, 0.3) is 0 Å². The van der Waals surface area contributed by atoms with Crippen molar-refractivity contribution in [3.05, 3.63) is 35.6 Å². The molecule has 0 aliphatic heterocycles. The summed E-state index contributed by atoms with van der Waals surface area (Å²) in [6.45, 7) is 6.30. The molecule has 0 spiro atoms. The smallest absolute Gasteiger partial charge is 0.243 e. The number of nitrogens with zero attached hydrogens (tertiary/aromatic N) is 4. The normalized spacial score (nSPS) is 13.9. The second-order valence-corrected chi connectivity index (χ2v) is 6.14. The Balaban J connectivity index is 0.000000921. The number of terminal acetylenes is 1. The Bertz CT molecular complexity index is 754. The van der Waals surface area contributed by atoms with Gasteiger partial charge >= 0.3 is 0 Å². The summed E-state index contributed by atoms with van der Waals surface area (Å²) >= 11 is 5.95. The molecule has 7 nitrogen and oxygen atoms in total. The van der Waals surface area contributed by atoms with Gasteiger partial charge in [-0.2, -0.15) is 0 Å². The maximum absolute atomic E-state index is 5.95. The zero-order valence-electron chi connectivity index (χ0n) is 16.9. The van der Waals surface area contributed by atoms with Gasteiger partial charge in [0.05, 0.1) is 12.2 Å². The first kappa shape index (κ1) is 23.3. The van der Waals surface area contributed by atoms with Gasteiger partial charge in [-0.25, -0.2) is 9.67 Å². The van der Waals surface area contributed by atoms with Crippen LogP contribution in [0.1, 0.15) is 39.7 Å². The highest BCUT2D eigenvalue weighted by molar-refractivity contribution is 6.30. The molecule has 0 radical (unpaired) electrons. The van der Waals surface area contributed by atoms with Crippen LogP contribution >= 0.6 is 11.6 Å². The highest BCUT2D eigenvalue weighted by Crippen LogP contribution is 2.33. The number of hydrogen-bond donors (Lipinski definition) is 2. The van der Waals surface area contributed by atoms with Crippen molar-refractivity contribution in [1.82, 2.24) is 20.1 Å². The fourth-order valence-corrected chi connectivity index (χ4v) is 2.40. The molecule has 0 bridgehead atoms. The maximum atomic E-state index is 5.95. The molecule has 28 heavy (non-hydrogen) atoms. The molecule has 8 heteroatoms. The van der Waals surface area contributed by atoms with E-state index in [9.17, 15) is 0 Å². The molecule has 1 saturated carbocycles. The zero-order chi connectivity index (χ0) is 20.9. The monoisotopic (exact) mass is 404 g/mol. The first-order chi connectivity index (χ1) is 13.6. The zero-order valence-corrected chi connectivity index (χ0v) is 17.6. The fraction of sp³-hybridized carbons (Fsp3) is 0.450. The Hall–Kier alpha value is -2.72. The molecule has 152 valence electrons. The highest BCUT2D eigenvalue weighted by Gasteiger charge is 2.24. The van der Waals surface area contributed by atoms with Crippen molar-refractivity contribution in [2.45, 2.75) is 45.8 Å². The van der Waals surface area contributed by atoms with Crippen LogP contribution < -0.4 is 15.4 Å². The number of hydrogen-bond acceptors (Lipinski definition) is 5. The van der Waals surface area contributed by atoms with Crippen LogP contribution in [0.3, 0.4) is 0 Å². The molecule has 1 fully saturated rings. The number of halogens is 1. The lowest BCUT2D eigenvalue weighted by molar-refractivity contribution is 0.370. The van der Waals surface area contributed by atoms with Crippen LogP contribution in [-0.4, -0.2) is 40.4 Å². The van der Waals surface area contributed by atoms with Crippen LogP contribution in [0.5, 0.6) is 5.75 Å². The number of ether oxygens (including phenoxy) is 1. The minimum Gasteiger partial charge on any atom is -0.486 e. The number of anilines is 1. The molecule has 3 rings (SSSR count). The van der Waals surface area contributed by atoms with E-state index in [0.717, 1.165) is 5.84 Å². The van der Waals surface area contributed by atoms with Crippen molar-refractivity contribution in [2.24, 2.45) is 4.99 Å². The summed E-state index contributed by atoms with van der Waals surface area (Å²) in [6, 6.07) is 7.80. The molecular weight excluding hydrogens is 376 g/mol. The van der Waals surface area contributed by atoms with Gasteiger partial charge in [-0.1, -0.05) is 31.5 Å². The van der Waals surface area contributed by atoms with E-state index in [0.29, 0.717) is 29.4 Å². The Kier molecular flexibility index (Phi) is 10.5. The molecule has 0 amide bonds. The summed E-state index contributed by atoms with van der Waals surface area (Å²) < 4.78 is 7.60. The third-order valence-corrected chi connectivity index (χ3v) is 3.83. The molecule has 0 saturated heterocycles. The van der Waals surface area contributed by atoms with E-state index in [1.807, 2.05) is 37.6 Å². The number of aliphatic imine (C=N–C) groups is 1. The predicted molar refractivity (Wildman–Crippen MR) is 116 cm³/mol. The van der Waals surface area contributed by atoms with E-state index in [2.05, 4.69) is 38.6 Å². The lowest BCUT2D eigenvalue weighted by Crippen LogP contribution is -2.41. The van der Waals surface area contributed by atoms with E-state index < -0.39 is 0 Å². The first-order valence-electron chi connectivity index (χ1n) is 9.25. The molecule has 2 N–H and O–H groups in total. The Morgan fingerprint density at radius 3 is 2.71 bits per heavy atom. The molecule has 1 atom stereocenters. The van der Waals surface area contributed by atoms with Gasteiger partial charge in [-0.05, 0) is 38.0 Å². The molecule has 1 aromatic heterocycles. The molecule has 1 aliphatic rings. The second-order valence-electron chi connectivity index (χ2n) is 5.71. The molecule has 1 aliphatic carbocycles. The van der Waals surface area contributed by atoms with Gasteiger partial charge in [0.15, 0.2) is 0 Å². The van der Waals surface area contributed by atoms with E-state index in [-0.39, 0.29) is 6.17 Å². The molecule has 1 heterocycles. The maximum Gasteiger partial charge on any atom is 0.243 e. The van der Waals surface area contributed by atoms with Gasteiger partial charge in [0.2, 0.25) is 5.95 Å². The summed E-state index contributed by atoms with van der Waals surface area (Å²) in [7, 11) is 1.72. The minimum atomic E-state index is -0.0817. The van der Waals surface area contributed by atoms with Crippen LogP contribution in [-0.2, 0) is 0 Å². The average Bonchev–Trinajstić information content (AvgIpc) is 3.47. The van der Waals surface area contributed by atoms with Gasteiger partial charge in [0.1, 0.15) is 24.5 Å². The summed E-state index contributed by atoms with van der Waals surface area (Å²) in [5, 5.41) is 11.5. The molecular formula is C20H29ClN6O. The summed E-state index contributed by atoms with van der Waals surface area (Å²) in [5.74, 6) is 2.03. The topological polar surface area (TPSA) is 76.4 Å². The summed E-state index contributed by atoms with van der Waals surface area (Å²) in [6.07, 6.45) is 12.1. The van der Waals surface area contributed by atoms with Gasteiger partial charge in [0, 0.05) is 12.1 Å². The first-order valence-corrected chi connectivity index (χ1v) is 9.63. The van der Waals surface area contributed by atoms with E-state index in [1.165, 1.54) is 12.8 Å². The predicted octanol–water partition coefficient (Wildman–Crippen LogP) is 4.00. The van der Waals surface area contributed by atoms with Crippen LogP contribution in [0.2, 0.25) is 5.02 Å². The van der Waals surface area contributed by atoms with Gasteiger partial charge in [-0.3, -0.25) is 4.99 Å². The van der Waals surface area contributed by atoms with E-state index in [4.69, 9.17) is 16.3 Å². The number of benzene rings is 1. The third-order valence-electron chi connectivity index (χ3n) is 3.60. The number of aromatic nitrogens is 3. The lowest BCUT2D eigenvalue weighted by Gasteiger charge is -2.17. The Labute approximate surface area is 172 Å². The van der Waals surface area contributed by atoms with E-state index in [1.54, 1.807) is 25.5 Å². The van der Waals surface area contributed by atoms with Crippen molar-refractivity contribution in [3.63, 3.8) is 0 Å². The van der Waals surface area contributed by atoms with Gasteiger partial charge < -0.3 is 15.4 Å². The highest BCUT2D eigenvalue weighted by atomic mass is 35.5. The van der Waals surface area contributed by atoms with Gasteiger partial charge in [-0.15, -0.1) is 17.9 Å². The standard InChI is InChI=1S/C16H21ClN6O.C2H6.C2H2/c1-11(21-16-19-10-23(22-16)13-6-7-13)20-15(18-2)9-24-14-5-3-4-12(17)8-14;2*1-2/h3-5,8,10-11,13H,6-7,9H2,1-2H3,(H,18,20)(H,21,22);1-2H3;1-2H. The third kappa shape index (κ3) is 7.89. The number of nitrogens with one attached hydrogen (secondary N) is 2. The van der Waals surface area contributed by atoms with Crippen molar-refractivity contribution in [3.8, 4) is 18.6 Å². The number of rotatable bonds is 7. The summed E-state index contributed by atoms with van der Waals surface area (Å²) in [4.78, 5) is 8.48. The van der Waals surface area contributed by atoms with Crippen LogP contribution in [0.15, 0.2) is 35.6 Å². The second kappa shape index (κ2) is 12.6. The van der Waals surface area contributed by atoms with Crippen molar-refractivity contribution in [2.75, 3.05) is 19.0 Å². The van der Waals surface area contributed by atoms with Crippen LogP contribution in [0.25, 0.3) is 0 Å². The Morgan fingerprint density at radius 2 is 2.11 bits per heavy atom. The van der Waals surface area contributed by atoms with Crippen molar-refractivity contribution in [1.29, 1.82) is 0 Å². The molecule has 1 unspecified atom stereocenters.